The van der Waals surface area contributed by atoms with Gasteiger partial charge < -0.3 is 45.1 Å². The van der Waals surface area contributed by atoms with Gasteiger partial charge in [0.15, 0.2) is 6.29 Å². The molecule has 1 amide bonds. The molecule has 0 bridgehead atoms. The lowest BCUT2D eigenvalue weighted by molar-refractivity contribution is -0.303. The van der Waals surface area contributed by atoms with Crippen LogP contribution in [0.1, 0.15) is 118 Å². The normalized spacial score (nSPS) is 26.3. The molecule has 10 heteroatoms. The fourth-order valence-corrected chi connectivity index (χ4v) is 5.10. The molecule has 1 heterocycles. The Bertz CT molecular complexity index is 638. The van der Waals surface area contributed by atoms with E-state index >= 15 is 0 Å². The number of rotatable bonds is 23. The first-order valence-corrected chi connectivity index (χ1v) is 15.8. The molecule has 6 unspecified atom stereocenters. The van der Waals surface area contributed by atoms with Crippen molar-refractivity contribution >= 4 is 5.91 Å². The smallest absolute Gasteiger partial charge is 0.220 e. The minimum atomic E-state index is -1.57. The SMILES string of the molecule is CCCCCCCCC(=O)N[C@@H](COC1OC(CO)C(O)C(O)C1O)[C@H](OC(CCC)CCCCC)[C@H](O)CC. The van der Waals surface area contributed by atoms with Crippen molar-refractivity contribution in [3.05, 3.63) is 0 Å². The summed E-state index contributed by atoms with van der Waals surface area (Å²) >= 11 is 0. The predicted molar refractivity (Wildman–Crippen MR) is 154 cm³/mol. The van der Waals surface area contributed by atoms with Crippen molar-refractivity contribution in [2.75, 3.05) is 13.2 Å². The van der Waals surface area contributed by atoms with Gasteiger partial charge in [0.2, 0.25) is 5.91 Å². The summed E-state index contributed by atoms with van der Waals surface area (Å²) in [5, 5.41) is 54.2. The van der Waals surface area contributed by atoms with Crippen LogP contribution >= 0.6 is 0 Å². The molecule has 1 aliphatic rings. The fraction of sp³-hybridized carbons (Fsp3) is 0.967. The number of amides is 1. The van der Waals surface area contributed by atoms with Gasteiger partial charge in [0.05, 0.1) is 31.5 Å². The third-order valence-corrected chi connectivity index (χ3v) is 7.68. The summed E-state index contributed by atoms with van der Waals surface area (Å²) in [7, 11) is 0. The van der Waals surface area contributed by atoms with Crippen LogP contribution in [0.15, 0.2) is 0 Å². The molecule has 0 aromatic heterocycles. The third-order valence-electron chi connectivity index (χ3n) is 7.68. The van der Waals surface area contributed by atoms with Crippen molar-refractivity contribution in [3.8, 4) is 0 Å². The van der Waals surface area contributed by atoms with Gasteiger partial charge in [-0.2, -0.15) is 0 Å². The lowest BCUT2D eigenvalue weighted by Gasteiger charge is -2.41. The minimum absolute atomic E-state index is 0.0898. The summed E-state index contributed by atoms with van der Waals surface area (Å²) in [6.07, 6.45) is 4.02. The highest BCUT2D eigenvalue weighted by Gasteiger charge is 2.44. The van der Waals surface area contributed by atoms with Crippen molar-refractivity contribution in [1.29, 1.82) is 0 Å². The van der Waals surface area contributed by atoms with Crippen LogP contribution in [0.2, 0.25) is 0 Å². The molecule has 6 N–H and O–H groups in total. The summed E-state index contributed by atoms with van der Waals surface area (Å²) in [5.41, 5.74) is 0. The van der Waals surface area contributed by atoms with E-state index in [0.717, 1.165) is 70.6 Å². The summed E-state index contributed by atoms with van der Waals surface area (Å²) in [6.45, 7) is 7.51. The van der Waals surface area contributed by atoms with Crippen LogP contribution in [0, 0.1) is 0 Å². The van der Waals surface area contributed by atoms with Crippen molar-refractivity contribution in [2.24, 2.45) is 0 Å². The molecule has 0 aliphatic carbocycles. The zero-order chi connectivity index (χ0) is 29.9. The lowest BCUT2D eigenvalue weighted by atomic mass is 9.99. The second kappa shape index (κ2) is 21.8. The van der Waals surface area contributed by atoms with E-state index in [1.54, 1.807) is 0 Å². The highest BCUT2D eigenvalue weighted by molar-refractivity contribution is 5.76. The molecule has 0 aromatic rings. The van der Waals surface area contributed by atoms with Gasteiger partial charge in [-0.05, 0) is 25.7 Å². The van der Waals surface area contributed by atoms with Crippen LogP contribution in [0.25, 0.3) is 0 Å². The third kappa shape index (κ3) is 13.4. The number of nitrogens with one attached hydrogen (secondary N) is 1. The number of hydrogen-bond donors (Lipinski definition) is 6. The molecule has 1 rings (SSSR count). The van der Waals surface area contributed by atoms with Crippen molar-refractivity contribution in [3.63, 3.8) is 0 Å². The van der Waals surface area contributed by atoms with Crippen LogP contribution in [0.5, 0.6) is 0 Å². The fourth-order valence-electron chi connectivity index (χ4n) is 5.10. The molecule has 238 valence electrons. The molecule has 9 atom stereocenters. The van der Waals surface area contributed by atoms with Crippen molar-refractivity contribution in [2.45, 2.75) is 173 Å². The number of ether oxygens (including phenoxy) is 3. The standard InChI is InChI=1S/C30H59NO9/c1-5-9-11-12-13-15-18-25(34)31-22(20-38-30-28(37)27(36)26(35)24(19-32)40-30)29(23(33)8-4)39-21(16-7-3)17-14-10-6-2/h21-24,26-30,32-33,35-37H,5-20H2,1-4H3,(H,31,34)/t21?,22-,23+,24?,26?,27?,28?,29-,30?/m0/s1. The first-order chi connectivity index (χ1) is 19.2. The van der Waals surface area contributed by atoms with E-state index in [1.165, 1.54) is 6.42 Å². The number of aliphatic hydroxyl groups is 5. The van der Waals surface area contributed by atoms with Crippen molar-refractivity contribution < 1.29 is 44.5 Å². The second-order valence-electron chi connectivity index (χ2n) is 11.2. The molecule has 0 saturated carbocycles. The molecule has 1 saturated heterocycles. The highest BCUT2D eigenvalue weighted by atomic mass is 16.7. The Morgan fingerprint density at radius 3 is 2.12 bits per heavy atom. The maximum Gasteiger partial charge on any atom is 0.220 e. The Kier molecular flexibility index (Phi) is 20.3. The van der Waals surface area contributed by atoms with E-state index in [-0.39, 0.29) is 18.6 Å². The Labute approximate surface area is 241 Å². The molecule has 10 nitrogen and oxygen atoms in total. The molecule has 0 radical (unpaired) electrons. The topological polar surface area (TPSA) is 158 Å². The number of carbonyl (C=O) groups excluding carboxylic acids is 1. The maximum atomic E-state index is 13.0. The van der Waals surface area contributed by atoms with Gasteiger partial charge >= 0.3 is 0 Å². The summed E-state index contributed by atoms with van der Waals surface area (Å²) in [4.78, 5) is 13.0. The Hall–Kier alpha value is -0.850. The maximum absolute atomic E-state index is 13.0. The van der Waals surface area contributed by atoms with Gasteiger partial charge in [-0.3, -0.25) is 4.79 Å². The molecule has 40 heavy (non-hydrogen) atoms. The van der Waals surface area contributed by atoms with Gasteiger partial charge in [0.25, 0.3) is 0 Å². The summed E-state index contributed by atoms with van der Waals surface area (Å²) in [6, 6.07) is -0.750. The van der Waals surface area contributed by atoms with E-state index < -0.39 is 55.6 Å². The number of hydrogen-bond acceptors (Lipinski definition) is 9. The molecule has 0 aromatic carbocycles. The van der Waals surface area contributed by atoms with E-state index in [4.69, 9.17) is 14.2 Å². The largest absolute Gasteiger partial charge is 0.394 e. The van der Waals surface area contributed by atoms with Gasteiger partial charge in [0.1, 0.15) is 30.5 Å². The van der Waals surface area contributed by atoms with E-state index in [9.17, 15) is 30.3 Å². The molecular weight excluding hydrogens is 518 g/mol. The number of aliphatic hydroxyl groups excluding tert-OH is 5. The quantitative estimate of drug-likeness (QED) is 0.100. The van der Waals surface area contributed by atoms with Crippen LogP contribution in [0.4, 0.5) is 0 Å². The molecule has 0 spiro atoms. The Morgan fingerprint density at radius 1 is 0.850 bits per heavy atom. The highest BCUT2D eigenvalue weighted by Crippen LogP contribution is 2.24. The van der Waals surface area contributed by atoms with Crippen LogP contribution < -0.4 is 5.32 Å². The van der Waals surface area contributed by atoms with Gasteiger partial charge in [0, 0.05) is 6.42 Å². The molecule has 1 aliphatic heterocycles. The predicted octanol–water partition coefficient (Wildman–Crippen LogP) is 2.94. The van der Waals surface area contributed by atoms with Gasteiger partial charge in [-0.1, -0.05) is 85.5 Å². The Morgan fingerprint density at radius 2 is 1.50 bits per heavy atom. The second-order valence-corrected chi connectivity index (χ2v) is 11.2. The average Bonchev–Trinajstić information content (AvgIpc) is 2.95. The first kappa shape index (κ1) is 37.2. The summed E-state index contributed by atoms with van der Waals surface area (Å²) in [5.74, 6) is -0.173. The molecule has 1 fully saturated rings. The van der Waals surface area contributed by atoms with Gasteiger partial charge in [-0.25, -0.2) is 0 Å². The zero-order valence-electron chi connectivity index (χ0n) is 25.4. The van der Waals surface area contributed by atoms with Crippen LogP contribution in [0.3, 0.4) is 0 Å². The number of unbranched alkanes of at least 4 members (excludes halogenated alkanes) is 7. The summed E-state index contributed by atoms with van der Waals surface area (Å²) < 4.78 is 17.8. The first-order valence-electron chi connectivity index (χ1n) is 15.8. The number of carbonyl (C=O) groups is 1. The van der Waals surface area contributed by atoms with E-state index in [2.05, 4.69) is 26.1 Å². The van der Waals surface area contributed by atoms with E-state index in [1.807, 2.05) is 6.92 Å². The van der Waals surface area contributed by atoms with Crippen LogP contribution in [-0.4, -0.2) is 99.7 Å². The Balaban J connectivity index is 3.03. The lowest BCUT2D eigenvalue weighted by Crippen LogP contribution is -2.60. The zero-order valence-corrected chi connectivity index (χ0v) is 25.4. The van der Waals surface area contributed by atoms with E-state index in [0.29, 0.717) is 12.8 Å². The minimum Gasteiger partial charge on any atom is -0.394 e. The van der Waals surface area contributed by atoms with Crippen molar-refractivity contribution in [1.82, 2.24) is 5.32 Å². The monoisotopic (exact) mass is 577 g/mol. The van der Waals surface area contributed by atoms with Crippen LogP contribution in [-0.2, 0) is 19.0 Å². The molecular formula is C30H59NO9. The average molecular weight is 578 g/mol. The van der Waals surface area contributed by atoms with Gasteiger partial charge in [-0.15, -0.1) is 0 Å².